The van der Waals surface area contributed by atoms with Gasteiger partial charge in [-0.2, -0.15) is 0 Å². The van der Waals surface area contributed by atoms with Gasteiger partial charge in [-0.05, 0) is 37.0 Å². The molecule has 96 valence electrons. The van der Waals surface area contributed by atoms with Gasteiger partial charge in [0.05, 0.1) is 7.11 Å². The zero-order valence-corrected chi connectivity index (χ0v) is 10.8. The highest BCUT2D eigenvalue weighted by Crippen LogP contribution is 2.24. The van der Waals surface area contributed by atoms with Gasteiger partial charge in [0.1, 0.15) is 0 Å². The van der Waals surface area contributed by atoms with E-state index < -0.39 is 0 Å². The Kier molecular flexibility index (Phi) is 4.40. The maximum Gasteiger partial charge on any atom is 0.330 e. The van der Waals surface area contributed by atoms with E-state index in [-0.39, 0.29) is 5.97 Å². The minimum atomic E-state index is -0.316. The fourth-order valence-electron chi connectivity index (χ4n) is 2.28. The van der Waals surface area contributed by atoms with Crippen molar-refractivity contribution in [1.82, 2.24) is 0 Å². The number of hydrogen-bond donors (Lipinski definition) is 0. The van der Waals surface area contributed by atoms with Crippen molar-refractivity contribution < 1.29 is 9.53 Å². The summed E-state index contributed by atoms with van der Waals surface area (Å²) >= 11 is 0. The smallest absolute Gasteiger partial charge is 0.330 e. The number of carbonyl (C=O) groups excluding carboxylic acids is 1. The molecule has 1 aromatic carbocycles. The van der Waals surface area contributed by atoms with Crippen molar-refractivity contribution in [2.75, 3.05) is 25.1 Å². The van der Waals surface area contributed by atoms with Crippen molar-refractivity contribution in [1.29, 1.82) is 0 Å². The van der Waals surface area contributed by atoms with Crippen LogP contribution in [-0.4, -0.2) is 26.2 Å². The van der Waals surface area contributed by atoms with Crippen LogP contribution in [0.4, 0.5) is 5.69 Å². The number of benzene rings is 1. The van der Waals surface area contributed by atoms with Gasteiger partial charge in [-0.1, -0.05) is 18.2 Å². The van der Waals surface area contributed by atoms with Crippen molar-refractivity contribution in [3.05, 3.63) is 35.9 Å². The normalized spacial score (nSPS) is 15.9. The molecule has 1 saturated heterocycles. The molecule has 1 aliphatic heterocycles. The molecule has 1 heterocycles. The van der Waals surface area contributed by atoms with Crippen molar-refractivity contribution in [3.63, 3.8) is 0 Å². The van der Waals surface area contributed by atoms with Crippen LogP contribution in [0.3, 0.4) is 0 Å². The summed E-state index contributed by atoms with van der Waals surface area (Å²) in [6.07, 6.45) is 7.11. The molecular formula is C15H19NO2. The molecule has 1 aliphatic rings. The van der Waals surface area contributed by atoms with Crippen LogP contribution in [0.15, 0.2) is 30.3 Å². The molecule has 0 atom stereocenters. The molecule has 1 fully saturated rings. The van der Waals surface area contributed by atoms with Gasteiger partial charge in [-0.3, -0.25) is 0 Å². The van der Waals surface area contributed by atoms with Crippen molar-refractivity contribution in [2.24, 2.45) is 0 Å². The van der Waals surface area contributed by atoms with Crippen LogP contribution in [0.25, 0.3) is 6.08 Å². The number of piperidine rings is 1. The lowest BCUT2D eigenvalue weighted by Gasteiger charge is -2.30. The van der Waals surface area contributed by atoms with Gasteiger partial charge in [0, 0.05) is 24.9 Å². The maximum atomic E-state index is 11.2. The fourth-order valence-corrected chi connectivity index (χ4v) is 2.28. The third-order valence-electron chi connectivity index (χ3n) is 3.23. The SMILES string of the molecule is COC(=O)C=Cc1ccccc1N1CCCCC1. The first-order valence-corrected chi connectivity index (χ1v) is 6.41. The number of esters is 1. The molecule has 3 nitrogen and oxygen atoms in total. The van der Waals surface area contributed by atoms with Crippen LogP contribution in [0, 0.1) is 0 Å². The average molecular weight is 245 g/mol. The summed E-state index contributed by atoms with van der Waals surface area (Å²) in [7, 11) is 1.39. The molecule has 0 radical (unpaired) electrons. The van der Waals surface area contributed by atoms with Crippen LogP contribution in [0.1, 0.15) is 24.8 Å². The lowest BCUT2D eigenvalue weighted by Crippen LogP contribution is -2.29. The quantitative estimate of drug-likeness (QED) is 0.606. The van der Waals surface area contributed by atoms with E-state index in [0.29, 0.717) is 0 Å². The summed E-state index contributed by atoms with van der Waals surface area (Å²) in [6.45, 7) is 2.20. The molecule has 3 heteroatoms. The van der Waals surface area contributed by atoms with Gasteiger partial charge in [-0.15, -0.1) is 0 Å². The zero-order chi connectivity index (χ0) is 12.8. The van der Waals surface area contributed by atoms with Gasteiger partial charge < -0.3 is 9.64 Å². The van der Waals surface area contributed by atoms with E-state index in [1.54, 1.807) is 0 Å². The number of anilines is 1. The lowest BCUT2D eigenvalue weighted by molar-refractivity contribution is -0.134. The second-order valence-corrected chi connectivity index (χ2v) is 4.46. The number of rotatable bonds is 3. The number of carbonyl (C=O) groups is 1. The fraction of sp³-hybridized carbons (Fsp3) is 0.400. The van der Waals surface area contributed by atoms with E-state index in [9.17, 15) is 4.79 Å². The minimum absolute atomic E-state index is 0.316. The third kappa shape index (κ3) is 3.13. The molecule has 0 saturated carbocycles. The van der Waals surface area contributed by atoms with Crippen LogP contribution in [0.2, 0.25) is 0 Å². The van der Waals surface area contributed by atoms with E-state index in [4.69, 9.17) is 0 Å². The lowest BCUT2D eigenvalue weighted by atomic mass is 10.1. The molecule has 0 amide bonds. The molecule has 0 N–H and O–H groups in total. The number of ether oxygens (including phenoxy) is 1. The predicted molar refractivity (Wildman–Crippen MR) is 73.6 cm³/mol. The van der Waals surface area contributed by atoms with E-state index in [1.165, 1.54) is 38.1 Å². The summed E-state index contributed by atoms with van der Waals surface area (Å²) < 4.78 is 4.62. The Labute approximate surface area is 108 Å². The van der Waals surface area contributed by atoms with E-state index in [0.717, 1.165) is 18.7 Å². The molecule has 2 rings (SSSR count). The molecule has 0 aromatic heterocycles. The summed E-state index contributed by atoms with van der Waals surface area (Å²) in [4.78, 5) is 13.5. The molecule has 0 spiro atoms. The van der Waals surface area contributed by atoms with Crippen LogP contribution in [-0.2, 0) is 9.53 Å². The molecule has 0 aliphatic carbocycles. The Balaban J connectivity index is 2.19. The Morgan fingerprint density at radius 1 is 1.22 bits per heavy atom. The number of para-hydroxylation sites is 1. The number of nitrogens with zero attached hydrogens (tertiary/aromatic N) is 1. The van der Waals surface area contributed by atoms with Crippen LogP contribution >= 0.6 is 0 Å². The molecule has 0 bridgehead atoms. The summed E-state index contributed by atoms with van der Waals surface area (Å²) in [5.41, 5.74) is 2.28. The van der Waals surface area contributed by atoms with E-state index in [1.807, 2.05) is 24.3 Å². The topological polar surface area (TPSA) is 29.5 Å². The summed E-state index contributed by atoms with van der Waals surface area (Å²) in [5, 5.41) is 0. The standard InChI is InChI=1S/C15H19NO2/c1-18-15(17)10-9-13-7-3-4-8-14(13)16-11-5-2-6-12-16/h3-4,7-10H,2,5-6,11-12H2,1H3. The van der Waals surface area contributed by atoms with Crippen LogP contribution < -0.4 is 4.90 Å². The highest BCUT2D eigenvalue weighted by Gasteiger charge is 2.12. The van der Waals surface area contributed by atoms with Gasteiger partial charge in [0.15, 0.2) is 0 Å². The Bertz CT molecular complexity index is 434. The second kappa shape index (κ2) is 6.24. The Morgan fingerprint density at radius 3 is 2.67 bits per heavy atom. The first kappa shape index (κ1) is 12.7. The van der Waals surface area contributed by atoms with Gasteiger partial charge >= 0.3 is 5.97 Å². The second-order valence-electron chi connectivity index (χ2n) is 4.46. The molecule has 0 unspecified atom stereocenters. The highest BCUT2D eigenvalue weighted by atomic mass is 16.5. The number of hydrogen-bond acceptors (Lipinski definition) is 3. The predicted octanol–water partition coefficient (Wildman–Crippen LogP) is 2.86. The molecule has 18 heavy (non-hydrogen) atoms. The zero-order valence-electron chi connectivity index (χ0n) is 10.8. The Hall–Kier alpha value is -1.77. The van der Waals surface area contributed by atoms with Crippen LogP contribution in [0.5, 0.6) is 0 Å². The van der Waals surface area contributed by atoms with E-state index in [2.05, 4.69) is 15.7 Å². The highest BCUT2D eigenvalue weighted by molar-refractivity contribution is 5.88. The monoisotopic (exact) mass is 245 g/mol. The van der Waals surface area contributed by atoms with E-state index >= 15 is 0 Å². The largest absolute Gasteiger partial charge is 0.466 e. The van der Waals surface area contributed by atoms with Crippen molar-refractivity contribution >= 4 is 17.7 Å². The third-order valence-corrected chi connectivity index (χ3v) is 3.23. The Morgan fingerprint density at radius 2 is 1.94 bits per heavy atom. The minimum Gasteiger partial charge on any atom is -0.466 e. The summed E-state index contributed by atoms with van der Waals surface area (Å²) in [5.74, 6) is -0.316. The molecule has 1 aromatic rings. The summed E-state index contributed by atoms with van der Waals surface area (Å²) in [6, 6.07) is 8.18. The first-order chi connectivity index (χ1) is 8.81. The first-order valence-electron chi connectivity index (χ1n) is 6.41. The van der Waals surface area contributed by atoms with Crippen molar-refractivity contribution in [2.45, 2.75) is 19.3 Å². The maximum absolute atomic E-state index is 11.2. The average Bonchev–Trinajstić information content (AvgIpc) is 2.46. The van der Waals surface area contributed by atoms with Gasteiger partial charge in [-0.25, -0.2) is 4.79 Å². The van der Waals surface area contributed by atoms with Gasteiger partial charge in [0.2, 0.25) is 0 Å². The van der Waals surface area contributed by atoms with Gasteiger partial charge in [0.25, 0.3) is 0 Å². The van der Waals surface area contributed by atoms with Crippen molar-refractivity contribution in [3.8, 4) is 0 Å². The number of methoxy groups -OCH3 is 1. The molecular weight excluding hydrogens is 226 g/mol.